The summed E-state index contributed by atoms with van der Waals surface area (Å²) in [4.78, 5) is 23.4. The maximum atomic E-state index is 11.8. The van der Waals surface area contributed by atoms with Crippen molar-refractivity contribution in [2.75, 3.05) is 0 Å². The Morgan fingerprint density at radius 2 is 1.57 bits per heavy atom. The maximum Gasteiger partial charge on any atom is 1.00 e. The van der Waals surface area contributed by atoms with Gasteiger partial charge >= 0.3 is 59.1 Å². The van der Waals surface area contributed by atoms with E-state index in [2.05, 4.69) is 0 Å². The van der Waals surface area contributed by atoms with Crippen LogP contribution in [0, 0.1) is 6.92 Å². The average molecular weight is 390 g/mol. The molecule has 130 valence electrons. The van der Waals surface area contributed by atoms with E-state index >= 15 is 0 Å². The van der Waals surface area contributed by atoms with Gasteiger partial charge in [-0.3, -0.25) is 4.79 Å². The summed E-state index contributed by atoms with van der Waals surface area (Å²) in [5.41, 5.74) is 3.68. The molecule has 3 rings (SSSR count). The zero-order valence-corrected chi connectivity index (χ0v) is 20.4. The minimum Gasteiger partial charge on any atom is -0.872 e. The molecule has 0 atom stereocenters. The number of hydrogen-bond acceptors (Lipinski definition) is 4. The molecule has 0 saturated heterocycles. The van der Waals surface area contributed by atoms with Gasteiger partial charge in [0.1, 0.15) is 0 Å². The zero-order chi connectivity index (χ0) is 18.8. The van der Waals surface area contributed by atoms with Crippen LogP contribution in [0.2, 0.25) is 0 Å². The molecule has 4 nitrogen and oxygen atoms in total. The number of benzene rings is 2. The van der Waals surface area contributed by atoms with E-state index in [-0.39, 0.29) is 76.2 Å². The standard InChI is InChI=1S/C22H18O4.2Na/c1-13-11-15(7-9-19(13)23)21(16-8-10-20(24)14(2)12-16)17-5-3-4-6-18(17)22(25)26;;/h3-12,23H,1-2H3,(H,25,26);;/q;2*+1/p-2/b21-16-;;. The molecule has 0 heterocycles. The normalized spacial score (nSPS) is 14.5. The molecule has 0 unspecified atom stereocenters. The third kappa shape index (κ3) is 5.15. The summed E-state index contributed by atoms with van der Waals surface area (Å²) < 4.78 is 0. The maximum absolute atomic E-state index is 11.8. The van der Waals surface area contributed by atoms with Crippen molar-refractivity contribution < 1.29 is 78.9 Å². The predicted molar refractivity (Wildman–Crippen MR) is 95.3 cm³/mol. The molecule has 1 aliphatic rings. The van der Waals surface area contributed by atoms with Crippen LogP contribution >= 0.6 is 0 Å². The molecular weight excluding hydrogens is 374 g/mol. The van der Waals surface area contributed by atoms with Gasteiger partial charge in [-0.15, -0.1) is 5.75 Å². The molecule has 28 heavy (non-hydrogen) atoms. The first-order valence-corrected chi connectivity index (χ1v) is 8.12. The molecule has 0 aromatic heterocycles. The van der Waals surface area contributed by atoms with Crippen molar-refractivity contribution in [1.29, 1.82) is 0 Å². The summed E-state index contributed by atoms with van der Waals surface area (Å²) in [5, 5.41) is 23.4. The van der Waals surface area contributed by atoms with Crippen LogP contribution in [-0.4, -0.2) is 11.8 Å². The quantitative estimate of drug-likeness (QED) is 0.506. The summed E-state index contributed by atoms with van der Waals surface area (Å²) in [6, 6.07) is 11.4. The van der Waals surface area contributed by atoms with Gasteiger partial charge in [0.2, 0.25) is 0 Å². The Hall–Kier alpha value is -1.40. The van der Waals surface area contributed by atoms with Crippen LogP contribution < -0.4 is 69.3 Å². The molecule has 2 aromatic rings. The van der Waals surface area contributed by atoms with E-state index in [1.54, 1.807) is 56.3 Å². The van der Waals surface area contributed by atoms with E-state index < -0.39 is 5.97 Å². The van der Waals surface area contributed by atoms with Crippen molar-refractivity contribution in [2.45, 2.75) is 13.8 Å². The first-order chi connectivity index (χ1) is 12.4. The van der Waals surface area contributed by atoms with Crippen molar-refractivity contribution in [1.82, 2.24) is 0 Å². The number of carbonyl (C=O) groups is 2. The Bertz CT molecular complexity index is 1020. The number of ketones is 1. The Balaban J connectivity index is 0.00000196. The molecule has 0 saturated carbocycles. The summed E-state index contributed by atoms with van der Waals surface area (Å²) in [7, 11) is 0. The number of aryl methyl sites for hydroxylation is 1. The Labute approximate surface area is 208 Å². The second-order valence-corrected chi connectivity index (χ2v) is 6.17. The Kier molecular flexibility index (Phi) is 9.15. The largest absolute Gasteiger partial charge is 1.00 e. The molecule has 0 bridgehead atoms. The Morgan fingerprint density at radius 3 is 2.14 bits per heavy atom. The van der Waals surface area contributed by atoms with E-state index in [4.69, 9.17) is 0 Å². The molecule has 0 radical (unpaired) electrons. The number of carboxylic acids is 1. The number of carboxylic acid groups (broad SMARTS) is 1. The van der Waals surface area contributed by atoms with Gasteiger partial charge in [0.05, 0.1) is 5.97 Å². The number of hydrogen-bond donors (Lipinski definition) is 0. The second kappa shape index (κ2) is 10.4. The van der Waals surface area contributed by atoms with Crippen LogP contribution in [0.5, 0.6) is 5.75 Å². The third-order valence-electron chi connectivity index (χ3n) is 4.34. The smallest absolute Gasteiger partial charge is 0.872 e. The Morgan fingerprint density at radius 1 is 0.929 bits per heavy atom. The molecule has 0 fully saturated rings. The van der Waals surface area contributed by atoms with E-state index in [1.807, 2.05) is 0 Å². The number of carbonyl (C=O) groups excluding carboxylic acids is 2. The molecule has 0 spiro atoms. The van der Waals surface area contributed by atoms with Crippen LogP contribution in [0.25, 0.3) is 5.57 Å². The van der Waals surface area contributed by atoms with E-state index in [9.17, 15) is 19.8 Å². The van der Waals surface area contributed by atoms with Gasteiger partial charge in [0.15, 0.2) is 5.78 Å². The fourth-order valence-electron chi connectivity index (χ4n) is 2.97. The van der Waals surface area contributed by atoms with Crippen molar-refractivity contribution in [2.24, 2.45) is 0 Å². The van der Waals surface area contributed by atoms with E-state index in [0.29, 0.717) is 33.4 Å². The molecule has 1 aliphatic carbocycles. The summed E-state index contributed by atoms with van der Waals surface area (Å²) >= 11 is 0. The minimum absolute atomic E-state index is 0. The SMILES string of the molecule is CC1=C/C(=C(/c2ccc([O-])c(C)c2)c2ccccc2C(=O)[O-])C=CC1=O.[Na+].[Na+]. The first kappa shape index (κ1) is 24.6. The van der Waals surface area contributed by atoms with Crippen molar-refractivity contribution in [3.05, 3.63) is 94.1 Å². The molecule has 2 aromatic carbocycles. The summed E-state index contributed by atoms with van der Waals surface area (Å²) in [6.07, 6.45) is 4.85. The molecular formula is C22H16Na2O4. The molecule has 6 heteroatoms. The average Bonchev–Trinajstić information content (AvgIpc) is 2.61. The van der Waals surface area contributed by atoms with Gasteiger partial charge in [-0.05, 0) is 53.8 Å². The number of rotatable bonds is 3. The monoisotopic (exact) mass is 390 g/mol. The summed E-state index contributed by atoms with van der Waals surface area (Å²) in [5.74, 6) is -1.47. The van der Waals surface area contributed by atoms with Crippen LogP contribution in [-0.2, 0) is 4.79 Å². The van der Waals surface area contributed by atoms with E-state index in [1.165, 1.54) is 18.2 Å². The van der Waals surface area contributed by atoms with E-state index in [0.717, 1.165) is 0 Å². The van der Waals surface area contributed by atoms with Gasteiger partial charge in [0, 0.05) is 5.56 Å². The van der Waals surface area contributed by atoms with Crippen molar-refractivity contribution in [3.63, 3.8) is 0 Å². The minimum atomic E-state index is -1.28. The fourth-order valence-corrected chi connectivity index (χ4v) is 2.97. The topological polar surface area (TPSA) is 80.3 Å². The van der Waals surface area contributed by atoms with Gasteiger partial charge < -0.3 is 15.0 Å². The van der Waals surface area contributed by atoms with Crippen molar-refractivity contribution >= 4 is 17.3 Å². The zero-order valence-electron chi connectivity index (χ0n) is 16.4. The fraction of sp³-hybridized carbons (Fsp3) is 0.0909. The van der Waals surface area contributed by atoms with Gasteiger partial charge in [-0.2, -0.15) is 0 Å². The summed E-state index contributed by atoms with van der Waals surface area (Å²) in [6.45, 7) is 3.42. The second-order valence-electron chi connectivity index (χ2n) is 6.17. The first-order valence-electron chi connectivity index (χ1n) is 8.12. The molecule has 0 N–H and O–H groups in total. The molecule has 0 aliphatic heterocycles. The van der Waals surface area contributed by atoms with Crippen LogP contribution in [0.3, 0.4) is 0 Å². The molecule has 0 amide bonds. The van der Waals surface area contributed by atoms with Crippen LogP contribution in [0.4, 0.5) is 0 Å². The van der Waals surface area contributed by atoms with Gasteiger partial charge in [-0.1, -0.05) is 54.1 Å². The van der Waals surface area contributed by atoms with Crippen LogP contribution in [0.15, 0.2) is 71.8 Å². The van der Waals surface area contributed by atoms with Gasteiger partial charge in [-0.25, -0.2) is 0 Å². The third-order valence-corrected chi connectivity index (χ3v) is 4.34. The number of allylic oxidation sites excluding steroid dienone is 5. The number of aromatic carboxylic acids is 1. The van der Waals surface area contributed by atoms with Crippen molar-refractivity contribution in [3.8, 4) is 5.75 Å². The predicted octanol–water partition coefficient (Wildman–Crippen LogP) is -3.67. The van der Waals surface area contributed by atoms with Gasteiger partial charge in [0.25, 0.3) is 0 Å². The van der Waals surface area contributed by atoms with Crippen LogP contribution in [0.1, 0.15) is 34.0 Å².